The summed E-state index contributed by atoms with van der Waals surface area (Å²) in [6, 6.07) is 4.28. The van der Waals surface area contributed by atoms with Crippen molar-refractivity contribution in [2.45, 2.75) is 13.1 Å². The van der Waals surface area contributed by atoms with Crippen LogP contribution in [-0.2, 0) is 4.79 Å². The van der Waals surface area contributed by atoms with Crippen LogP contribution in [0, 0.1) is 6.92 Å². The molecule has 114 valence electrons. The van der Waals surface area contributed by atoms with Gasteiger partial charge in [0, 0.05) is 18.7 Å². The first-order chi connectivity index (χ1) is 9.60. The Kier molecular flexibility index (Phi) is 5.12. The fourth-order valence-electron chi connectivity index (χ4n) is 1.72. The minimum absolute atomic E-state index is 0.117. The van der Waals surface area contributed by atoms with Crippen LogP contribution in [0.2, 0.25) is 0 Å². The van der Waals surface area contributed by atoms with Gasteiger partial charge in [-0.3, -0.25) is 4.79 Å². The van der Waals surface area contributed by atoms with Crippen molar-refractivity contribution in [3.8, 4) is 0 Å². The topological polar surface area (TPSA) is 57.6 Å². The summed E-state index contributed by atoms with van der Waals surface area (Å²) in [5.41, 5.74) is 1.29. The van der Waals surface area contributed by atoms with E-state index in [2.05, 4.69) is 0 Å². The van der Waals surface area contributed by atoms with Crippen molar-refractivity contribution in [3.05, 3.63) is 41.0 Å². The second kappa shape index (κ2) is 6.43. The highest BCUT2D eigenvalue weighted by molar-refractivity contribution is 5.94. The van der Waals surface area contributed by atoms with E-state index in [0.29, 0.717) is 16.0 Å². The monoisotopic (exact) mass is 301 g/mol. The first-order valence-corrected chi connectivity index (χ1v) is 5.94. The van der Waals surface area contributed by atoms with Gasteiger partial charge in [0.05, 0.1) is 0 Å². The van der Waals surface area contributed by atoms with Crippen molar-refractivity contribution >= 4 is 18.0 Å². The van der Waals surface area contributed by atoms with Gasteiger partial charge >= 0.3 is 12.1 Å². The van der Waals surface area contributed by atoms with Gasteiger partial charge < -0.3 is 10.0 Å². The van der Waals surface area contributed by atoms with Crippen LogP contribution in [0.5, 0.6) is 0 Å². The number of hydrogen-bond donors (Lipinski definition) is 1. The third-order valence-corrected chi connectivity index (χ3v) is 2.69. The molecule has 0 fully saturated rings. The molecule has 0 saturated heterocycles. The quantitative estimate of drug-likeness (QED) is 0.870. The number of alkyl halides is 3. The Morgan fingerprint density at radius 1 is 1.33 bits per heavy atom. The predicted molar refractivity (Wildman–Crippen MR) is 70.9 cm³/mol. The predicted octanol–water partition coefficient (Wildman–Crippen LogP) is 2.73. The Bertz CT molecular complexity index is 579. The maximum atomic E-state index is 12.2. The van der Waals surface area contributed by atoms with Crippen molar-refractivity contribution in [1.29, 1.82) is 0 Å². The zero-order chi connectivity index (χ0) is 16.2. The summed E-state index contributed by atoms with van der Waals surface area (Å²) in [7, 11) is 1.07. The highest BCUT2D eigenvalue weighted by Crippen LogP contribution is 2.18. The maximum Gasteiger partial charge on any atom is 0.406 e. The van der Waals surface area contributed by atoms with Crippen LogP contribution >= 0.6 is 0 Å². The van der Waals surface area contributed by atoms with Gasteiger partial charge in [-0.05, 0) is 36.3 Å². The molecule has 0 aliphatic rings. The molecule has 0 aromatic heterocycles. The van der Waals surface area contributed by atoms with Gasteiger partial charge in [0.15, 0.2) is 0 Å². The van der Waals surface area contributed by atoms with E-state index in [-0.39, 0.29) is 5.56 Å². The van der Waals surface area contributed by atoms with E-state index >= 15 is 0 Å². The van der Waals surface area contributed by atoms with E-state index in [1.807, 2.05) is 0 Å². The molecule has 0 unspecified atom stereocenters. The molecule has 1 amide bonds. The Balaban J connectivity index is 2.93. The van der Waals surface area contributed by atoms with Gasteiger partial charge in [-0.15, -0.1) is 0 Å². The Labute approximate surface area is 119 Å². The molecule has 0 aliphatic carbocycles. The number of halogens is 3. The molecule has 0 radical (unpaired) electrons. The maximum absolute atomic E-state index is 12.2. The van der Waals surface area contributed by atoms with E-state index in [9.17, 15) is 22.8 Å². The van der Waals surface area contributed by atoms with Crippen LogP contribution in [0.15, 0.2) is 24.3 Å². The number of aliphatic carboxylic acids is 1. The molecule has 0 atom stereocenters. The molecule has 1 rings (SSSR count). The largest absolute Gasteiger partial charge is 0.478 e. The zero-order valence-electron chi connectivity index (χ0n) is 11.4. The van der Waals surface area contributed by atoms with E-state index in [4.69, 9.17) is 5.11 Å². The number of amides is 1. The molecule has 1 aromatic carbocycles. The van der Waals surface area contributed by atoms with Crippen molar-refractivity contribution in [2.75, 3.05) is 13.6 Å². The van der Waals surface area contributed by atoms with E-state index < -0.39 is 24.6 Å². The molecule has 1 aromatic rings. The molecule has 0 saturated carbocycles. The normalized spacial score (nSPS) is 11.7. The van der Waals surface area contributed by atoms with E-state index in [0.717, 1.165) is 13.1 Å². The van der Waals surface area contributed by atoms with E-state index in [1.54, 1.807) is 6.92 Å². The number of rotatable bonds is 4. The number of aryl methyl sites for hydroxylation is 1. The second-order valence-corrected chi connectivity index (χ2v) is 4.52. The van der Waals surface area contributed by atoms with Gasteiger partial charge in [0.2, 0.25) is 0 Å². The lowest BCUT2D eigenvalue weighted by Crippen LogP contribution is -2.35. The lowest BCUT2D eigenvalue weighted by molar-refractivity contribution is -0.138. The second-order valence-electron chi connectivity index (χ2n) is 4.52. The van der Waals surface area contributed by atoms with Crippen LogP contribution in [0.3, 0.4) is 0 Å². The van der Waals surface area contributed by atoms with Crippen LogP contribution < -0.4 is 0 Å². The third-order valence-electron chi connectivity index (χ3n) is 2.69. The summed E-state index contributed by atoms with van der Waals surface area (Å²) >= 11 is 0. The fourth-order valence-corrected chi connectivity index (χ4v) is 1.72. The minimum Gasteiger partial charge on any atom is -0.478 e. The van der Waals surface area contributed by atoms with Crippen LogP contribution in [0.4, 0.5) is 13.2 Å². The van der Waals surface area contributed by atoms with Gasteiger partial charge in [-0.1, -0.05) is 6.07 Å². The summed E-state index contributed by atoms with van der Waals surface area (Å²) in [6.45, 7) is 0.313. The summed E-state index contributed by atoms with van der Waals surface area (Å²) in [5.74, 6) is -1.86. The lowest BCUT2D eigenvalue weighted by Gasteiger charge is -2.19. The first kappa shape index (κ1) is 16.7. The summed E-state index contributed by atoms with van der Waals surface area (Å²) < 4.78 is 36.7. The average Bonchev–Trinajstić information content (AvgIpc) is 2.34. The number of carbonyl (C=O) groups excluding carboxylic acids is 1. The summed E-state index contributed by atoms with van der Waals surface area (Å²) in [4.78, 5) is 22.9. The minimum atomic E-state index is -4.45. The third kappa shape index (κ3) is 5.29. The van der Waals surface area contributed by atoms with Gasteiger partial charge in [0.1, 0.15) is 6.54 Å². The summed E-state index contributed by atoms with van der Waals surface area (Å²) in [6.07, 6.45) is -2.16. The fraction of sp³-hybridized carbons (Fsp3) is 0.286. The number of nitrogens with zero attached hydrogens (tertiary/aromatic N) is 1. The Hall–Kier alpha value is -2.31. The van der Waals surface area contributed by atoms with Gasteiger partial charge in [-0.25, -0.2) is 4.79 Å². The molecule has 1 N–H and O–H groups in total. The van der Waals surface area contributed by atoms with Crippen LogP contribution in [0.25, 0.3) is 6.08 Å². The molecule has 21 heavy (non-hydrogen) atoms. The van der Waals surface area contributed by atoms with Gasteiger partial charge in [-0.2, -0.15) is 13.2 Å². The van der Waals surface area contributed by atoms with Crippen molar-refractivity contribution < 1.29 is 27.9 Å². The number of carbonyl (C=O) groups is 2. The summed E-state index contributed by atoms with van der Waals surface area (Å²) in [5, 5.41) is 8.54. The standard InChI is InChI=1S/C14H14F3NO3/c1-9-7-11(4-3-10(9)5-6-12(19)20)13(21)18(2)8-14(15,16)17/h3-7H,8H2,1-2H3,(H,19,20)/b6-5+. The van der Waals surface area contributed by atoms with Crippen LogP contribution in [-0.4, -0.2) is 41.7 Å². The SMILES string of the molecule is Cc1cc(C(=O)N(C)CC(F)(F)F)ccc1/C=C/C(=O)O. The number of hydrogen-bond acceptors (Lipinski definition) is 2. The average molecular weight is 301 g/mol. The van der Waals surface area contributed by atoms with Crippen LogP contribution in [0.1, 0.15) is 21.5 Å². The molecule has 0 aliphatic heterocycles. The van der Waals surface area contributed by atoms with Crippen molar-refractivity contribution in [1.82, 2.24) is 4.90 Å². The molecular weight excluding hydrogens is 287 g/mol. The molecule has 7 heteroatoms. The Morgan fingerprint density at radius 3 is 2.43 bits per heavy atom. The Morgan fingerprint density at radius 2 is 1.95 bits per heavy atom. The first-order valence-electron chi connectivity index (χ1n) is 5.94. The molecule has 0 heterocycles. The highest BCUT2D eigenvalue weighted by atomic mass is 19.4. The van der Waals surface area contributed by atoms with Crippen molar-refractivity contribution in [3.63, 3.8) is 0 Å². The lowest BCUT2D eigenvalue weighted by atomic mass is 10.0. The molecule has 4 nitrogen and oxygen atoms in total. The highest BCUT2D eigenvalue weighted by Gasteiger charge is 2.31. The van der Waals surface area contributed by atoms with Gasteiger partial charge in [0.25, 0.3) is 5.91 Å². The molecule has 0 bridgehead atoms. The smallest absolute Gasteiger partial charge is 0.406 e. The number of benzene rings is 1. The van der Waals surface area contributed by atoms with E-state index in [1.165, 1.54) is 24.3 Å². The number of carboxylic acids is 1. The molecular formula is C14H14F3NO3. The van der Waals surface area contributed by atoms with Crippen molar-refractivity contribution in [2.24, 2.45) is 0 Å². The molecule has 0 spiro atoms. The zero-order valence-corrected chi connectivity index (χ0v) is 11.4. The number of carboxylic acid groups (broad SMARTS) is 1.